The second kappa shape index (κ2) is 5.64. The van der Waals surface area contributed by atoms with E-state index in [4.69, 9.17) is 0 Å². The van der Waals surface area contributed by atoms with Gasteiger partial charge in [0.2, 0.25) is 0 Å². The Kier molecular flexibility index (Phi) is 4.24. The summed E-state index contributed by atoms with van der Waals surface area (Å²) in [5, 5.41) is 5.67. The molecule has 0 bridgehead atoms. The summed E-state index contributed by atoms with van der Waals surface area (Å²) >= 11 is 1.44. The molecule has 1 N–H and O–H groups in total. The summed E-state index contributed by atoms with van der Waals surface area (Å²) in [6.07, 6.45) is 1.65. The zero-order valence-electron chi connectivity index (χ0n) is 10.8. The first kappa shape index (κ1) is 15.8. The number of benzene rings is 1. The van der Waals surface area contributed by atoms with E-state index in [2.05, 4.69) is 10.3 Å². The first-order chi connectivity index (χ1) is 9.72. The third kappa shape index (κ3) is 3.35. The molecule has 9 heteroatoms. The van der Waals surface area contributed by atoms with Crippen molar-refractivity contribution in [2.45, 2.75) is 23.4 Å². The van der Waals surface area contributed by atoms with Crippen molar-refractivity contribution < 1.29 is 21.6 Å². The molecular formula is C12H11F3N2O2S2. The lowest BCUT2D eigenvalue weighted by Gasteiger charge is -2.13. The molecule has 0 aliphatic carbocycles. The van der Waals surface area contributed by atoms with E-state index in [0.717, 1.165) is 17.1 Å². The maximum Gasteiger partial charge on any atom is 0.501 e. The molecule has 1 unspecified atom stereocenters. The van der Waals surface area contributed by atoms with Gasteiger partial charge in [-0.3, -0.25) is 0 Å². The molecule has 0 aliphatic rings. The number of hydrogen-bond donors (Lipinski definition) is 1. The van der Waals surface area contributed by atoms with E-state index < -0.39 is 20.2 Å². The number of alkyl halides is 3. The van der Waals surface area contributed by atoms with Gasteiger partial charge in [-0.1, -0.05) is 0 Å². The van der Waals surface area contributed by atoms with Crippen LogP contribution < -0.4 is 5.32 Å². The van der Waals surface area contributed by atoms with Crippen LogP contribution >= 0.6 is 11.3 Å². The Hall–Kier alpha value is -1.61. The summed E-state index contributed by atoms with van der Waals surface area (Å²) < 4.78 is 59.7. The molecular weight excluding hydrogens is 325 g/mol. The smallest absolute Gasteiger partial charge is 0.376 e. The van der Waals surface area contributed by atoms with Crippen LogP contribution in [-0.4, -0.2) is 18.9 Å². The van der Waals surface area contributed by atoms with Crippen LogP contribution in [0.25, 0.3) is 0 Å². The highest BCUT2D eigenvalue weighted by Crippen LogP contribution is 2.31. The summed E-state index contributed by atoms with van der Waals surface area (Å²) in [7, 11) is -5.30. The second-order valence-electron chi connectivity index (χ2n) is 4.21. The lowest BCUT2D eigenvalue weighted by molar-refractivity contribution is -0.0436. The molecule has 0 amide bonds. The molecule has 1 atom stereocenters. The van der Waals surface area contributed by atoms with E-state index in [1.54, 1.807) is 6.20 Å². The third-order valence-corrected chi connectivity index (χ3v) is 5.13. The summed E-state index contributed by atoms with van der Waals surface area (Å²) in [4.78, 5) is 3.34. The zero-order chi connectivity index (χ0) is 15.7. The number of thiazole rings is 1. The fourth-order valence-corrected chi connectivity index (χ4v) is 3.03. The van der Waals surface area contributed by atoms with Crippen molar-refractivity contribution >= 4 is 26.9 Å². The third-order valence-electron chi connectivity index (χ3n) is 2.67. The molecule has 0 spiro atoms. The minimum absolute atomic E-state index is 0.130. The highest BCUT2D eigenvalue weighted by atomic mass is 32.2. The number of halogens is 3. The summed E-state index contributed by atoms with van der Waals surface area (Å²) in [6.45, 7) is 1.85. The maximum absolute atomic E-state index is 12.4. The number of aromatic nitrogens is 1. The van der Waals surface area contributed by atoms with Crippen LogP contribution in [0, 0.1) is 0 Å². The van der Waals surface area contributed by atoms with Gasteiger partial charge in [0.15, 0.2) is 0 Å². The fraction of sp³-hybridized carbons (Fsp3) is 0.250. The van der Waals surface area contributed by atoms with Crippen molar-refractivity contribution in [2.75, 3.05) is 5.32 Å². The molecule has 1 aromatic carbocycles. The molecule has 0 saturated heterocycles. The highest BCUT2D eigenvalue weighted by Gasteiger charge is 2.46. The second-order valence-corrected chi connectivity index (χ2v) is 7.08. The van der Waals surface area contributed by atoms with Crippen LogP contribution in [0.3, 0.4) is 0 Å². The standard InChI is InChI=1S/C12H11F3N2O2S2/c1-8(11-16-6-7-20-11)17-9-2-4-10(5-3-9)21(18,19)12(13,14)15/h2-8,17H,1H3. The van der Waals surface area contributed by atoms with Gasteiger partial charge in [0.25, 0.3) is 9.84 Å². The van der Waals surface area contributed by atoms with Crippen molar-refractivity contribution in [3.05, 3.63) is 40.8 Å². The molecule has 0 radical (unpaired) electrons. The van der Waals surface area contributed by atoms with Crippen molar-refractivity contribution in [1.29, 1.82) is 0 Å². The van der Waals surface area contributed by atoms with Gasteiger partial charge in [-0.05, 0) is 31.2 Å². The van der Waals surface area contributed by atoms with E-state index in [1.165, 1.54) is 23.5 Å². The van der Waals surface area contributed by atoms with Crippen LogP contribution in [0.5, 0.6) is 0 Å². The van der Waals surface area contributed by atoms with E-state index in [1.807, 2.05) is 12.3 Å². The average Bonchev–Trinajstić information content (AvgIpc) is 2.92. The fourth-order valence-electron chi connectivity index (χ4n) is 1.62. The largest absolute Gasteiger partial charge is 0.501 e. The molecule has 21 heavy (non-hydrogen) atoms. The number of nitrogens with one attached hydrogen (secondary N) is 1. The zero-order valence-corrected chi connectivity index (χ0v) is 12.4. The molecule has 0 saturated carbocycles. The van der Waals surface area contributed by atoms with Gasteiger partial charge < -0.3 is 5.32 Å². The predicted octanol–water partition coefficient (Wildman–Crippen LogP) is 3.61. The normalized spacial score (nSPS) is 13.9. The SMILES string of the molecule is CC(Nc1ccc(S(=O)(=O)C(F)(F)F)cc1)c1nccs1. The van der Waals surface area contributed by atoms with E-state index in [0.29, 0.717) is 5.69 Å². The predicted molar refractivity (Wildman–Crippen MR) is 73.8 cm³/mol. The van der Waals surface area contributed by atoms with Crippen LogP contribution in [0.15, 0.2) is 40.7 Å². The van der Waals surface area contributed by atoms with Gasteiger partial charge in [-0.25, -0.2) is 13.4 Å². The van der Waals surface area contributed by atoms with Gasteiger partial charge in [0, 0.05) is 17.3 Å². The van der Waals surface area contributed by atoms with E-state index in [-0.39, 0.29) is 6.04 Å². The number of sulfone groups is 1. The minimum Gasteiger partial charge on any atom is -0.376 e. The Bertz CT molecular complexity index is 695. The highest BCUT2D eigenvalue weighted by molar-refractivity contribution is 7.92. The Labute approximate surface area is 123 Å². The molecule has 0 aliphatic heterocycles. The molecule has 1 aromatic heterocycles. The van der Waals surface area contributed by atoms with Crippen molar-refractivity contribution in [3.8, 4) is 0 Å². The number of nitrogens with zero attached hydrogens (tertiary/aromatic N) is 1. The topological polar surface area (TPSA) is 59.1 Å². The van der Waals surface area contributed by atoms with Crippen molar-refractivity contribution in [2.24, 2.45) is 0 Å². The summed E-state index contributed by atoms with van der Waals surface area (Å²) in [5.74, 6) is 0. The van der Waals surface area contributed by atoms with Crippen LogP contribution in [0.4, 0.5) is 18.9 Å². The van der Waals surface area contributed by atoms with Gasteiger partial charge in [0.05, 0.1) is 10.9 Å². The monoisotopic (exact) mass is 336 g/mol. The molecule has 0 fully saturated rings. The first-order valence-electron chi connectivity index (χ1n) is 5.79. The number of anilines is 1. The van der Waals surface area contributed by atoms with E-state index in [9.17, 15) is 21.6 Å². The average molecular weight is 336 g/mol. The van der Waals surface area contributed by atoms with Crippen molar-refractivity contribution in [3.63, 3.8) is 0 Å². The number of hydrogen-bond acceptors (Lipinski definition) is 5. The lowest BCUT2D eigenvalue weighted by Crippen LogP contribution is -2.23. The molecule has 114 valence electrons. The van der Waals surface area contributed by atoms with Gasteiger partial charge in [-0.15, -0.1) is 11.3 Å². The minimum atomic E-state index is -5.30. The Morgan fingerprint density at radius 2 is 1.86 bits per heavy atom. The van der Waals surface area contributed by atoms with Crippen molar-refractivity contribution in [1.82, 2.24) is 4.98 Å². The molecule has 2 rings (SSSR count). The molecule has 1 heterocycles. The Morgan fingerprint density at radius 1 is 1.24 bits per heavy atom. The van der Waals surface area contributed by atoms with Crippen LogP contribution in [0.2, 0.25) is 0 Å². The Morgan fingerprint density at radius 3 is 2.33 bits per heavy atom. The Balaban J connectivity index is 2.17. The lowest BCUT2D eigenvalue weighted by atomic mass is 10.3. The molecule has 4 nitrogen and oxygen atoms in total. The van der Waals surface area contributed by atoms with Gasteiger partial charge in [-0.2, -0.15) is 13.2 Å². The summed E-state index contributed by atoms with van der Waals surface area (Å²) in [5.41, 5.74) is -4.78. The van der Waals surface area contributed by atoms with Crippen LogP contribution in [0.1, 0.15) is 18.0 Å². The quantitative estimate of drug-likeness (QED) is 0.927. The van der Waals surface area contributed by atoms with Gasteiger partial charge >= 0.3 is 5.51 Å². The first-order valence-corrected chi connectivity index (χ1v) is 8.15. The van der Waals surface area contributed by atoms with E-state index >= 15 is 0 Å². The summed E-state index contributed by atoms with van der Waals surface area (Å²) in [6, 6.07) is 4.32. The molecule has 2 aromatic rings. The van der Waals surface area contributed by atoms with Gasteiger partial charge in [0.1, 0.15) is 5.01 Å². The van der Waals surface area contributed by atoms with Crippen LogP contribution in [-0.2, 0) is 9.84 Å². The maximum atomic E-state index is 12.4. The number of rotatable bonds is 4.